The molecular weight excluding hydrogens is 338 g/mol. The minimum atomic E-state index is -4.00. The largest absolute Gasteiger partial charge is 0.393 e. The van der Waals surface area contributed by atoms with Crippen molar-refractivity contribution in [2.75, 3.05) is 0 Å². The van der Waals surface area contributed by atoms with Gasteiger partial charge in [-0.05, 0) is 73.3 Å². The number of fused-ring (bicyclic) bond motifs is 2. The molecule has 0 heterocycles. The van der Waals surface area contributed by atoms with Gasteiger partial charge < -0.3 is 9.29 Å². The molecule has 0 saturated heterocycles. The van der Waals surface area contributed by atoms with E-state index in [1.807, 2.05) is 12.1 Å². The van der Waals surface area contributed by atoms with E-state index in [1.54, 1.807) is 11.6 Å². The summed E-state index contributed by atoms with van der Waals surface area (Å²) in [5.41, 5.74) is 5.60. The Balaban J connectivity index is 1.58. The van der Waals surface area contributed by atoms with E-state index >= 15 is 0 Å². The lowest BCUT2D eigenvalue weighted by atomic mass is 9.59. The minimum absolute atomic E-state index is 0.0324. The van der Waals surface area contributed by atoms with E-state index in [4.69, 9.17) is 9.32 Å². The number of benzene rings is 1. The first-order valence-electron chi connectivity index (χ1n) is 9.01. The monoisotopic (exact) mass is 361 g/mol. The summed E-state index contributed by atoms with van der Waals surface area (Å²) in [4.78, 5) is 0. The topological polar surface area (TPSA) is 89.6 Å². The van der Waals surface area contributed by atoms with E-state index in [0.717, 1.165) is 37.7 Å². The lowest BCUT2D eigenvalue weighted by Gasteiger charge is -2.46. The third-order valence-corrected chi connectivity index (χ3v) is 7.85. The fourth-order valence-corrected chi connectivity index (χ4v) is 6.61. The van der Waals surface area contributed by atoms with Crippen LogP contribution in [0.25, 0.3) is 5.57 Å². The Morgan fingerprint density at radius 1 is 1.28 bits per heavy atom. The molecule has 3 N–H and O–H groups in total. The Bertz CT molecular complexity index is 921. The number of aliphatic hydroxyl groups excluding tert-OH is 1. The molecular formula is C19H23NO4S. The Kier molecular flexibility index (Phi) is 2.96. The summed E-state index contributed by atoms with van der Waals surface area (Å²) in [6, 6.07) is 5.48. The summed E-state index contributed by atoms with van der Waals surface area (Å²) in [7, 11) is -4.00. The van der Waals surface area contributed by atoms with E-state index in [1.165, 1.54) is 17.6 Å². The van der Waals surface area contributed by atoms with Crippen molar-refractivity contribution in [1.82, 2.24) is 0 Å². The first kappa shape index (κ1) is 15.9. The van der Waals surface area contributed by atoms with Crippen LogP contribution in [-0.2, 0) is 16.7 Å². The lowest BCUT2D eigenvalue weighted by Crippen LogP contribution is -2.41. The van der Waals surface area contributed by atoms with Gasteiger partial charge in [0.15, 0.2) is 0 Å². The SMILES string of the molecule is C[C@]12CCC3=C(CCc4cc(OS(N)(=O)=O)ccc43)[C@@]13C[C@H]3C[C@H]2O. The van der Waals surface area contributed by atoms with Crippen LogP contribution in [0.1, 0.15) is 50.2 Å². The van der Waals surface area contributed by atoms with Crippen LogP contribution >= 0.6 is 0 Å². The zero-order valence-corrected chi connectivity index (χ0v) is 15.1. The van der Waals surface area contributed by atoms with Crippen LogP contribution in [0.3, 0.4) is 0 Å². The van der Waals surface area contributed by atoms with Gasteiger partial charge >= 0.3 is 10.3 Å². The van der Waals surface area contributed by atoms with Crippen molar-refractivity contribution in [3.8, 4) is 5.75 Å². The maximum absolute atomic E-state index is 11.2. The number of hydrogen-bond acceptors (Lipinski definition) is 4. The van der Waals surface area contributed by atoms with Crippen LogP contribution in [0, 0.1) is 16.7 Å². The molecule has 0 aliphatic heterocycles. The Morgan fingerprint density at radius 2 is 2.08 bits per heavy atom. The molecule has 1 aromatic carbocycles. The zero-order chi connectivity index (χ0) is 17.6. The smallest absolute Gasteiger partial charge is 0.380 e. The van der Waals surface area contributed by atoms with Gasteiger partial charge in [-0.25, -0.2) is 0 Å². The van der Waals surface area contributed by atoms with E-state index in [0.29, 0.717) is 5.92 Å². The van der Waals surface area contributed by atoms with Crippen molar-refractivity contribution in [2.24, 2.45) is 21.9 Å². The number of rotatable bonds is 2. The highest BCUT2D eigenvalue weighted by atomic mass is 32.2. The van der Waals surface area contributed by atoms with Crippen LogP contribution in [0.15, 0.2) is 23.8 Å². The molecule has 0 aromatic heterocycles. The Labute approximate surface area is 148 Å². The Morgan fingerprint density at radius 3 is 2.84 bits per heavy atom. The second-order valence-electron chi connectivity index (χ2n) is 8.39. The summed E-state index contributed by atoms with van der Waals surface area (Å²) in [5.74, 6) is 0.925. The van der Waals surface area contributed by atoms with Crippen molar-refractivity contribution >= 4 is 15.9 Å². The van der Waals surface area contributed by atoms with Crippen molar-refractivity contribution in [1.29, 1.82) is 0 Å². The maximum Gasteiger partial charge on any atom is 0.380 e. The normalized spacial score (nSPS) is 38.5. The minimum Gasteiger partial charge on any atom is -0.393 e. The fraction of sp³-hybridized carbons (Fsp3) is 0.579. The average molecular weight is 361 g/mol. The van der Waals surface area contributed by atoms with Gasteiger partial charge in [-0.1, -0.05) is 18.6 Å². The molecule has 4 atom stereocenters. The second-order valence-corrected chi connectivity index (χ2v) is 9.55. The highest BCUT2D eigenvalue weighted by Gasteiger charge is 2.74. The van der Waals surface area contributed by atoms with Crippen molar-refractivity contribution < 1.29 is 17.7 Å². The summed E-state index contributed by atoms with van der Waals surface area (Å²) in [5, 5.41) is 15.6. The number of nitrogens with two attached hydrogens (primary N) is 1. The third kappa shape index (κ3) is 1.99. The van der Waals surface area contributed by atoms with Gasteiger partial charge in [0.25, 0.3) is 0 Å². The molecule has 0 radical (unpaired) electrons. The van der Waals surface area contributed by atoms with Gasteiger partial charge in [0.05, 0.1) is 6.10 Å². The summed E-state index contributed by atoms with van der Waals surface area (Å²) in [6.45, 7) is 2.28. The van der Waals surface area contributed by atoms with Crippen LogP contribution in [0.4, 0.5) is 0 Å². The van der Waals surface area contributed by atoms with Gasteiger partial charge in [0, 0.05) is 10.8 Å². The van der Waals surface area contributed by atoms with E-state index in [-0.39, 0.29) is 22.7 Å². The van der Waals surface area contributed by atoms with Gasteiger partial charge in [-0.15, -0.1) is 0 Å². The second kappa shape index (κ2) is 4.67. The van der Waals surface area contributed by atoms with Gasteiger partial charge in [-0.2, -0.15) is 13.6 Å². The van der Waals surface area contributed by atoms with E-state index in [2.05, 4.69) is 6.92 Å². The summed E-state index contributed by atoms with van der Waals surface area (Å²) < 4.78 is 27.1. The quantitative estimate of drug-likeness (QED) is 0.847. The van der Waals surface area contributed by atoms with Gasteiger partial charge in [-0.3, -0.25) is 0 Å². The van der Waals surface area contributed by atoms with Gasteiger partial charge in [0.2, 0.25) is 0 Å². The molecule has 0 amide bonds. The summed E-state index contributed by atoms with van der Waals surface area (Å²) in [6.07, 6.45) is 5.89. The predicted molar refractivity (Wildman–Crippen MR) is 93.9 cm³/mol. The molecule has 0 unspecified atom stereocenters. The van der Waals surface area contributed by atoms with Crippen molar-refractivity contribution in [2.45, 2.75) is 51.6 Å². The van der Waals surface area contributed by atoms with Crippen LogP contribution in [0.5, 0.6) is 5.75 Å². The van der Waals surface area contributed by atoms with Crippen molar-refractivity contribution in [3.63, 3.8) is 0 Å². The number of hydrogen-bond donors (Lipinski definition) is 2. The highest BCUT2D eigenvalue weighted by Crippen LogP contribution is 2.80. The van der Waals surface area contributed by atoms with Crippen LogP contribution < -0.4 is 9.32 Å². The van der Waals surface area contributed by atoms with E-state index in [9.17, 15) is 13.5 Å². The molecule has 2 fully saturated rings. The molecule has 5 rings (SSSR count). The third-order valence-electron chi connectivity index (χ3n) is 7.42. The molecule has 25 heavy (non-hydrogen) atoms. The molecule has 4 aliphatic carbocycles. The van der Waals surface area contributed by atoms with Crippen molar-refractivity contribution in [3.05, 3.63) is 34.9 Å². The number of aryl methyl sites for hydroxylation is 1. The standard InChI is InChI=1S/C19H23NO4S/c1-18-7-6-15-14-4-3-13(24-25(20,22)23)8-11(14)2-5-16(15)19(18)10-12(19)9-17(18)21/h3-4,8,12,17,21H,2,5-7,9-10H2,1H3,(H2,20,22,23)/t12-,17-,18-,19+/m1/s1. The highest BCUT2D eigenvalue weighted by molar-refractivity contribution is 7.84. The maximum atomic E-state index is 11.2. The fourth-order valence-electron chi connectivity index (χ4n) is 6.24. The first-order valence-corrected chi connectivity index (χ1v) is 10.5. The molecule has 6 heteroatoms. The molecule has 134 valence electrons. The average Bonchev–Trinajstić information content (AvgIpc) is 3.18. The van der Waals surface area contributed by atoms with Crippen LogP contribution in [0.2, 0.25) is 0 Å². The number of allylic oxidation sites excluding steroid dienone is 2. The molecule has 4 aliphatic rings. The molecule has 2 saturated carbocycles. The zero-order valence-electron chi connectivity index (χ0n) is 14.3. The predicted octanol–water partition coefficient (Wildman–Crippen LogP) is 2.54. The number of aliphatic hydroxyl groups is 1. The van der Waals surface area contributed by atoms with E-state index < -0.39 is 10.3 Å². The lowest BCUT2D eigenvalue weighted by molar-refractivity contribution is 0.0114. The molecule has 5 nitrogen and oxygen atoms in total. The van der Waals surface area contributed by atoms with Gasteiger partial charge in [0.1, 0.15) is 5.75 Å². The molecule has 0 bridgehead atoms. The molecule has 1 spiro atoms. The first-order chi connectivity index (χ1) is 11.7. The Hall–Kier alpha value is -1.37. The summed E-state index contributed by atoms with van der Waals surface area (Å²) >= 11 is 0. The van der Waals surface area contributed by atoms with Crippen LogP contribution in [-0.4, -0.2) is 19.6 Å². The molecule has 1 aromatic rings.